The molecule has 0 saturated heterocycles. The highest BCUT2D eigenvalue weighted by molar-refractivity contribution is 5.79. The second-order valence-corrected chi connectivity index (χ2v) is 5.84. The van der Waals surface area contributed by atoms with Crippen molar-refractivity contribution in [2.75, 3.05) is 0 Å². The van der Waals surface area contributed by atoms with Crippen molar-refractivity contribution in [3.63, 3.8) is 0 Å². The molecule has 3 atom stereocenters. The SMILES string of the molecule is CC(NC(=O)C1CCCC(N)C1)c1nnc2ccccn12. The summed E-state index contributed by atoms with van der Waals surface area (Å²) in [6, 6.07) is 5.71. The number of carbonyl (C=O) groups is 1. The van der Waals surface area contributed by atoms with E-state index in [1.54, 1.807) is 0 Å². The molecule has 21 heavy (non-hydrogen) atoms. The Morgan fingerprint density at radius 1 is 1.43 bits per heavy atom. The van der Waals surface area contributed by atoms with Crippen LogP contribution >= 0.6 is 0 Å². The summed E-state index contributed by atoms with van der Waals surface area (Å²) in [5.74, 6) is 0.847. The van der Waals surface area contributed by atoms with E-state index in [4.69, 9.17) is 5.73 Å². The van der Waals surface area contributed by atoms with Gasteiger partial charge in [0.25, 0.3) is 0 Å². The molecule has 112 valence electrons. The lowest BCUT2D eigenvalue weighted by Crippen LogP contribution is -2.39. The fraction of sp³-hybridized carbons (Fsp3) is 0.533. The highest BCUT2D eigenvalue weighted by Gasteiger charge is 2.27. The number of aromatic nitrogens is 3. The van der Waals surface area contributed by atoms with E-state index in [1.807, 2.05) is 35.7 Å². The number of hydrogen-bond donors (Lipinski definition) is 2. The largest absolute Gasteiger partial charge is 0.346 e. The van der Waals surface area contributed by atoms with Crippen molar-refractivity contribution >= 4 is 11.6 Å². The van der Waals surface area contributed by atoms with Crippen molar-refractivity contribution in [3.8, 4) is 0 Å². The van der Waals surface area contributed by atoms with Crippen LogP contribution in [0.5, 0.6) is 0 Å². The molecule has 6 heteroatoms. The van der Waals surface area contributed by atoms with E-state index in [1.165, 1.54) is 0 Å². The van der Waals surface area contributed by atoms with Crippen LogP contribution in [0.15, 0.2) is 24.4 Å². The maximum atomic E-state index is 12.4. The second kappa shape index (κ2) is 5.81. The van der Waals surface area contributed by atoms with Crippen LogP contribution in [-0.4, -0.2) is 26.5 Å². The van der Waals surface area contributed by atoms with Crippen LogP contribution in [0, 0.1) is 5.92 Å². The molecule has 2 aromatic rings. The van der Waals surface area contributed by atoms with E-state index in [9.17, 15) is 4.79 Å². The number of hydrogen-bond acceptors (Lipinski definition) is 4. The van der Waals surface area contributed by atoms with Gasteiger partial charge in [-0.1, -0.05) is 12.5 Å². The average molecular weight is 287 g/mol. The zero-order valence-electron chi connectivity index (χ0n) is 12.2. The van der Waals surface area contributed by atoms with Crippen molar-refractivity contribution in [3.05, 3.63) is 30.2 Å². The monoisotopic (exact) mass is 287 g/mol. The van der Waals surface area contributed by atoms with Crippen LogP contribution in [-0.2, 0) is 4.79 Å². The third-order valence-electron chi connectivity index (χ3n) is 4.17. The van der Waals surface area contributed by atoms with Gasteiger partial charge in [-0.25, -0.2) is 0 Å². The lowest BCUT2D eigenvalue weighted by atomic mass is 9.85. The lowest BCUT2D eigenvalue weighted by molar-refractivity contribution is -0.126. The Kier molecular flexibility index (Phi) is 3.88. The van der Waals surface area contributed by atoms with Crippen LogP contribution in [0.2, 0.25) is 0 Å². The Hall–Kier alpha value is -1.95. The number of nitrogens with one attached hydrogen (secondary N) is 1. The molecule has 1 saturated carbocycles. The van der Waals surface area contributed by atoms with Crippen molar-refractivity contribution in [1.82, 2.24) is 19.9 Å². The van der Waals surface area contributed by atoms with Crippen LogP contribution in [0.4, 0.5) is 0 Å². The molecule has 1 fully saturated rings. The van der Waals surface area contributed by atoms with Crippen LogP contribution in [0.3, 0.4) is 0 Å². The second-order valence-electron chi connectivity index (χ2n) is 5.84. The molecular formula is C15H21N5O. The van der Waals surface area contributed by atoms with E-state index < -0.39 is 0 Å². The molecule has 0 aromatic carbocycles. The molecule has 3 unspecified atom stereocenters. The Morgan fingerprint density at radius 3 is 3.10 bits per heavy atom. The summed E-state index contributed by atoms with van der Waals surface area (Å²) >= 11 is 0. The summed E-state index contributed by atoms with van der Waals surface area (Å²) in [6.07, 6.45) is 5.66. The van der Waals surface area contributed by atoms with Gasteiger partial charge in [0.15, 0.2) is 11.5 Å². The Bertz CT molecular complexity index is 638. The molecule has 0 bridgehead atoms. The third-order valence-corrected chi connectivity index (χ3v) is 4.17. The summed E-state index contributed by atoms with van der Waals surface area (Å²) in [7, 11) is 0. The molecule has 0 aliphatic heterocycles. The molecule has 0 radical (unpaired) electrons. The number of rotatable bonds is 3. The summed E-state index contributed by atoms with van der Waals surface area (Å²) in [6.45, 7) is 1.93. The predicted molar refractivity (Wildman–Crippen MR) is 79.5 cm³/mol. The smallest absolute Gasteiger partial charge is 0.223 e. The first kappa shape index (κ1) is 14.0. The zero-order valence-corrected chi connectivity index (χ0v) is 12.2. The Morgan fingerprint density at radius 2 is 2.29 bits per heavy atom. The first-order valence-corrected chi connectivity index (χ1v) is 7.51. The van der Waals surface area contributed by atoms with E-state index in [2.05, 4.69) is 15.5 Å². The van der Waals surface area contributed by atoms with Gasteiger partial charge in [-0.05, 0) is 38.3 Å². The van der Waals surface area contributed by atoms with Gasteiger partial charge in [-0.3, -0.25) is 9.20 Å². The fourth-order valence-electron chi connectivity index (χ4n) is 3.02. The number of carbonyl (C=O) groups excluding carboxylic acids is 1. The van der Waals surface area contributed by atoms with Crippen LogP contribution < -0.4 is 11.1 Å². The molecule has 1 aliphatic carbocycles. The van der Waals surface area contributed by atoms with Crippen molar-refractivity contribution < 1.29 is 4.79 Å². The molecule has 2 aromatic heterocycles. The number of nitrogens with zero attached hydrogens (tertiary/aromatic N) is 3. The van der Waals surface area contributed by atoms with E-state index >= 15 is 0 Å². The van der Waals surface area contributed by atoms with Crippen LogP contribution in [0.1, 0.15) is 44.5 Å². The minimum Gasteiger partial charge on any atom is -0.346 e. The van der Waals surface area contributed by atoms with Crippen molar-refractivity contribution in [2.45, 2.75) is 44.7 Å². The van der Waals surface area contributed by atoms with E-state index in [0.29, 0.717) is 0 Å². The highest BCUT2D eigenvalue weighted by atomic mass is 16.1. The minimum absolute atomic E-state index is 0.0235. The quantitative estimate of drug-likeness (QED) is 0.894. The maximum Gasteiger partial charge on any atom is 0.223 e. The molecule has 0 spiro atoms. The summed E-state index contributed by atoms with van der Waals surface area (Å²) in [4.78, 5) is 12.4. The molecular weight excluding hydrogens is 266 g/mol. The lowest BCUT2D eigenvalue weighted by Gasteiger charge is -2.26. The fourth-order valence-corrected chi connectivity index (χ4v) is 3.02. The topological polar surface area (TPSA) is 85.3 Å². The van der Waals surface area contributed by atoms with Gasteiger partial charge in [0.1, 0.15) is 0 Å². The number of nitrogens with two attached hydrogens (primary N) is 1. The van der Waals surface area contributed by atoms with E-state index in [-0.39, 0.29) is 23.9 Å². The highest BCUT2D eigenvalue weighted by Crippen LogP contribution is 2.24. The normalized spacial score (nSPS) is 23.9. The molecule has 3 rings (SSSR count). The van der Waals surface area contributed by atoms with Gasteiger partial charge in [-0.2, -0.15) is 0 Å². The van der Waals surface area contributed by atoms with Gasteiger partial charge >= 0.3 is 0 Å². The third kappa shape index (κ3) is 2.90. The van der Waals surface area contributed by atoms with Crippen molar-refractivity contribution in [2.24, 2.45) is 11.7 Å². The summed E-state index contributed by atoms with van der Waals surface area (Å²) in [5.41, 5.74) is 6.74. The standard InChI is InChI=1S/C15H21N5O/c1-10(14-19-18-13-7-2-3-8-20(13)14)17-15(21)11-5-4-6-12(16)9-11/h2-3,7-8,10-12H,4-6,9,16H2,1H3,(H,17,21). The zero-order chi connectivity index (χ0) is 14.8. The molecule has 1 aliphatic rings. The van der Waals surface area contributed by atoms with Gasteiger partial charge in [0.2, 0.25) is 5.91 Å². The number of pyridine rings is 1. The predicted octanol–water partition coefficient (Wildman–Crippen LogP) is 1.42. The molecule has 6 nitrogen and oxygen atoms in total. The molecule has 3 N–H and O–H groups in total. The summed E-state index contributed by atoms with van der Waals surface area (Å²) in [5, 5.41) is 11.3. The number of fused-ring (bicyclic) bond motifs is 1. The van der Waals surface area contributed by atoms with Gasteiger partial charge in [-0.15, -0.1) is 10.2 Å². The minimum atomic E-state index is -0.173. The number of amides is 1. The average Bonchev–Trinajstić information content (AvgIpc) is 2.91. The van der Waals surface area contributed by atoms with Gasteiger partial charge in [0.05, 0.1) is 6.04 Å². The van der Waals surface area contributed by atoms with E-state index in [0.717, 1.165) is 37.2 Å². The first-order valence-electron chi connectivity index (χ1n) is 7.51. The Balaban J connectivity index is 1.71. The summed E-state index contributed by atoms with van der Waals surface area (Å²) < 4.78 is 1.90. The maximum absolute atomic E-state index is 12.4. The molecule has 1 amide bonds. The van der Waals surface area contributed by atoms with Crippen molar-refractivity contribution in [1.29, 1.82) is 0 Å². The van der Waals surface area contributed by atoms with Gasteiger partial charge in [0, 0.05) is 18.2 Å². The first-order chi connectivity index (χ1) is 10.1. The van der Waals surface area contributed by atoms with Crippen LogP contribution in [0.25, 0.3) is 5.65 Å². The van der Waals surface area contributed by atoms with Gasteiger partial charge < -0.3 is 11.1 Å². The molecule has 2 heterocycles. The Labute approximate surface area is 123 Å².